The summed E-state index contributed by atoms with van der Waals surface area (Å²) in [5, 5.41) is 27.7. The van der Waals surface area contributed by atoms with E-state index in [9.17, 15) is 34.4 Å². The number of ether oxygens (including phenoxy) is 1. The zero-order valence-electron chi connectivity index (χ0n) is 24.5. The molecule has 14 nitrogen and oxygen atoms in total. The molecule has 3 N–H and O–H groups in total. The minimum absolute atomic E-state index is 0.0943. The Morgan fingerprint density at radius 2 is 1.93 bits per heavy atom. The highest BCUT2D eigenvalue weighted by Gasteiger charge is 2.54. The van der Waals surface area contributed by atoms with Gasteiger partial charge in [-0.15, -0.1) is 23.1 Å². The molecule has 3 atom stereocenters. The molecule has 18 heteroatoms. The molecular weight excluding hydrogens is 677 g/mol. The molecule has 4 heterocycles. The van der Waals surface area contributed by atoms with Crippen LogP contribution >= 0.6 is 47.1 Å². The van der Waals surface area contributed by atoms with Gasteiger partial charge in [0.05, 0.1) is 4.92 Å². The molecule has 0 radical (unpaired) electrons. The average Bonchev–Trinajstić information content (AvgIpc) is 3.58. The predicted molar refractivity (Wildman–Crippen MR) is 178 cm³/mol. The highest BCUT2D eigenvalue weighted by Crippen LogP contribution is 2.41. The van der Waals surface area contributed by atoms with Crippen LogP contribution in [0.1, 0.15) is 10.9 Å². The molecule has 0 spiro atoms. The molecule has 3 amide bonds. The normalized spacial score (nSPS) is 20.3. The van der Waals surface area contributed by atoms with E-state index >= 15 is 0 Å². The smallest absolute Gasteiger partial charge is 0.352 e. The lowest BCUT2D eigenvalue weighted by atomic mass is 10.0. The van der Waals surface area contributed by atoms with Crippen LogP contribution in [0, 0.1) is 10.1 Å². The van der Waals surface area contributed by atoms with Crippen molar-refractivity contribution in [3.05, 3.63) is 68.0 Å². The van der Waals surface area contributed by atoms with Gasteiger partial charge in [-0.1, -0.05) is 42.2 Å². The number of carbonyl (C=O) groups excluding carboxylic acids is 3. The number of thiocarbonyl (C=S) groups is 1. The number of piperazine rings is 1. The Labute approximate surface area is 281 Å². The lowest BCUT2D eigenvalue weighted by Crippen LogP contribution is -2.71. The molecule has 3 aliphatic rings. The van der Waals surface area contributed by atoms with Gasteiger partial charge in [0, 0.05) is 48.6 Å². The number of nitrogens with zero attached hydrogens (tertiary/aromatic N) is 4. The van der Waals surface area contributed by atoms with Crippen LogP contribution in [-0.4, -0.2) is 115 Å². The molecule has 0 saturated carbocycles. The van der Waals surface area contributed by atoms with E-state index < -0.39 is 52.7 Å². The van der Waals surface area contributed by atoms with Crippen LogP contribution < -0.4 is 15.4 Å². The van der Waals surface area contributed by atoms with Crippen molar-refractivity contribution < 1.29 is 33.9 Å². The maximum atomic E-state index is 13.5. The molecular formula is C28H30N6O8S4. The quantitative estimate of drug-likeness (QED) is 0.134. The molecule has 2 unspecified atom stereocenters. The number of benzene rings is 1. The Bertz CT molecular complexity index is 1560. The summed E-state index contributed by atoms with van der Waals surface area (Å²) < 4.78 is 6.04. The number of carboxylic acid groups (broad SMARTS) is 1. The van der Waals surface area contributed by atoms with Gasteiger partial charge in [0.25, 0.3) is 11.8 Å². The van der Waals surface area contributed by atoms with Gasteiger partial charge in [-0.3, -0.25) is 29.4 Å². The van der Waals surface area contributed by atoms with Crippen LogP contribution in [0.3, 0.4) is 0 Å². The number of thiophene rings is 1. The average molecular weight is 707 g/mol. The Morgan fingerprint density at radius 1 is 1.20 bits per heavy atom. The number of rotatable bonds is 11. The first kappa shape index (κ1) is 33.6. The second-order valence-corrected chi connectivity index (χ2v) is 14.2. The van der Waals surface area contributed by atoms with Gasteiger partial charge in [0.2, 0.25) is 5.91 Å². The van der Waals surface area contributed by atoms with E-state index in [2.05, 4.69) is 20.4 Å². The SMILES string of the molecule is CN1CCN(C(=S)SCC2=C(C(=O)O)N3C(=O)C(NC(=O)C(NC(=O)COc4ccccc4[N+](=O)[O-])c4cccs4)[C@@H]3SC2)CC1. The molecule has 0 bridgehead atoms. The molecule has 1 aromatic heterocycles. The Balaban J connectivity index is 1.22. The molecule has 0 aliphatic carbocycles. The highest BCUT2D eigenvalue weighted by atomic mass is 32.2. The van der Waals surface area contributed by atoms with E-state index in [1.54, 1.807) is 17.5 Å². The number of hydrogen-bond donors (Lipinski definition) is 3. The van der Waals surface area contributed by atoms with Crippen LogP contribution in [0.2, 0.25) is 0 Å². The third-order valence-corrected chi connectivity index (χ3v) is 11.4. The summed E-state index contributed by atoms with van der Waals surface area (Å²) in [5.74, 6) is -2.61. The van der Waals surface area contributed by atoms with Gasteiger partial charge in [-0.05, 0) is 30.1 Å². The first-order valence-corrected chi connectivity index (χ1v) is 17.4. The lowest BCUT2D eigenvalue weighted by molar-refractivity contribution is -0.385. The summed E-state index contributed by atoms with van der Waals surface area (Å²) in [6.45, 7) is 2.78. The standard InChI is InChI=1S/C28H30N6O8S4/c1-31-8-10-32(11-9-31)28(43)46-15-16-14-45-26-22(25(37)33(26)23(16)27(38)39)30-24(36)21(19-7-4-12-44-19)29-20(35)13-42-18-6-3-2-5-17(18)34(40)41/h2-7,12,21-22,26H,8-11,13-15H2,1H3,(H,29,35)(H,30,36)(H,38,39)/t21?,22?,26-/m0/s1. The van der Waals surface area contributed by atoms with E-state index in [-0.39, 0.29) is 17.1 Å². The zero-order valence-corrected chi connectivity index (χ0v) is 27.7. The van der Waals surface area contributed by atoms with E-state index in [4.69, 9.17) is 17.0 Å². The summed E-state index contributed by atoms with van der Waals surface area (Å²) in [5.41, 5.74) is 0.175. The number of carbonyl (C=O) groups is 4. The summed E-state index contributed by atoms with van der Waals surface area (Å²) in [6, 6.07) is 6.75. The third-order valence-electron chi connectivity index (χ3n) is 7.49. The molecule has 5 rings (SSSR count). The number of nitro benzene ring substituents is 1. The Morgan fingerprint density at radius 3 is 2.61 bits per heavy atom. The van der Waals surface area contributed by atoms with Crippen molar-refractivity contribution in [3.8, 4) is 5.75 Å². The van der Waals surface area contributed by atoms with Gasteiger partial charge in [0.1, 0.15) is 27.5 Å². The monoisotopic (exact) mass is 706 g/mol. The first-order valence-electron chi connectivity index (χ1n) is 14.0. The van der Waals surface area contributed by atoms with Gasteiger partial charge < -0.3 is 30.3 Å². The second kappa shape index (κ2) is 14.8. The molecule has 244 valence electrons. The summed E-state index contributed by atoms with van der Waals surface area (Å²) in [4.78, 5) is 68.5. The summed E-state index contributed by atoms with van der Waals surface area (Å²) in [6.07, 6.45) is 0. The predicted octanol–water partition coefficient (Wildman–Crippen LogP) is 1.90. The van der Waals surface area contributed by atoms with Crippen LogP contribution in [-0.2, 0) is 19.2 Å². The molecule has 2 saturated heterocycles. The zero-order chi connectivity index (χ0) is 33.0. The highest BCUT2D eigenvalue weighted by molar-refractivity contribution is 8.23. The van der Waals surface area contributed by atoms with Crippen molar-refractivity contribution in [1.29, 1.82) is 0 Å². The largest absolute Gasteiger partial charge is 0.477 e. The molecule has 1 aromatic carbocycles. The number of β-lactam (4-membered cyclic amide) rings is 1. The van der Waals surface area contributed by atoms with Crippen LogP contribution in [0.5, 0.6) is 5.75 Å². The second-order valence-electron chi connectivity index (χ2n) is 10.5. The fraction of sp³-hybridized carbons (Fsp3) is 0.393. The molecule has 46 heavy (non-hydrogen) atoms. The van der Waals surface area contributed by atoms with Crippen LogP contribution in [0.4, 0.5) is 5.69 Å². The van der Waals surface area contributed by atoms with Crippen LogP contribution in [0.15, 0.2) is 53.0 Å². The first-order chi connectivity index (χ1) is 22.0. The maximum absolute atomic E-state index is 13.5. The third kappa shape index (κ3) is 7.46. The number of amides is 3. The van der Waals surface area contributed by atoms with Crippen molar-refractivity contribution in [2.75, 3.05) is 51.3 Å². The van der Waals surface area contributed by atoms with Crippen LogP contribution in [0.25, 0.3) is 0 Å². The number of thioether (sulfide) groups is 2. The van der Waals surface area contributed by atoms with Crippen molar-refractivity contribution in [1.82, 2.24) is 25.3 Å². The Hall–Kier alpha value is -3.71. The maximum Gasteiger partial charge on any atom is 0.352 e. The van der Waals surface area contributed by atoms with E-state index in [0.717, 1.165) is 26.2 Å². The number of nitrogens with one attached hydrogen (secondary N) is 2. The molecule has 3 aliphatic heterocycles. The minimum atomic E-state index is -1.23. The number of hydrogen-bond acceptors (Lipinski definition) is 12. The topological polar surface area (TPSA) is 175 Å². The minimum Gasteiger partial charge on any atom is -0.477 e. The van der Waals surface area contributed by atoms with Gasteiger partial charge in [0.15, 0.2) is 12.4 Å². The number of fused-ring (bicyclic) bond motifs is 1. The van der Waals surface area contributed by atoms with Crippen molar-refractivity contribution in [2.24, 2.45) is 0 Å². The number of carboxylic acids is 1. The number of aliphatic carboxylic acids is 1. The summed E-state index contributed by atoms with van der Waals surface area (Å²) >= 11 is 9.53. The van der Waals surface area contributed by atoms with Crippen molar-refractivity contribution in [2.45, 2.75) is 17.5 Å². The van der Waals surface area contributed by atoms with Crippen molar-refractivity contribution in [3.63, 3.8) is 0 Å². The van der Waals surface area contributed by atoms with Gasteiger partial charge >= 0.3 is 11.7 Å². The fourth-order valence-corrected chi connectivity index (χ4v) is 8.57. The van der Waals surface area contributed by atoms with E-state index in [1.807, 2.05) is 7.05 Å². The van der Waals surface area contributed by atoms with Gasteiger partial charge in [-0.2, -0.15) is 0 Å². The molecule has 2 fully saturated rings. The number of nitro groups is 1. The van der Waals surface area contributed by atoms with E-state index in [0.29, 0.717) is 26.3 Å². The van der Waals surface area contributed by atoms with Gasteiger partial charge in [-0.25, -0.2) is 4.79 Å². The Kier molecular flexibility index (Phi) is 10.8. The van der Waals surface area contributed by atoms with Crippen molar-refractivity contribution >= 4 is 80.8 Å². The lowest BCUT2D eigenvalue weighted by Gasteiger charge is -2.49. The summed E-state index contributed by atoms with van der Waals surface area (Å²) in [7, 11) is 2.05. The van der Waals surface area contributed by atoms with E-state index in [1.165, 1.54) is 64.0 Å². The molecule has 2 aromatic rings. The number of para-hydroxylation sites is 2. The fourth-order valence-electron chi connectivity index (χ4n) is 5.06. The number of likely N-dealkylation sites (N-methyl/N-ethyl adjacent to an activating group) is 1.